The summed E-state index contributed by atoms with van der Waals surface area (Å²) in [4.78, 5) is 21.0. The van der Waals surface area contributed by atoms with E-state index in [1.54, 1.807) is 0 Å². The Hall–Kier alpha value is -3.98. The third-order valence-electron chi connectivity index (χ3n) is 7.73. The first kappa shape index (κ1) is 23.7. The summed E-state index contributed by atoms with van der Waals surface area (Å²) >= 11 is 0. The molecule has 180 valence electrons. The molecule has 2 atom stereocenters. The number of hydrogen-bond acceptors (Lipinski definition) is 2. The number of rotatable bonds is 7. The minimum absolute atomic E-state index is 0.138. The van der Waals surface area contributed by atoms with E-state index in [1.165, 1.54) is 0 Å². The molecule has 5 rings (SSSR count). The van der Waals surface area contributed by atoms with Crippen LogP contribution in [0.4, 0.5) is 0 Å². The number of β-lactam (4-membered cyclic amide) rings is 1. The average Bonchev–Trinajstić information content (AvgIpc) is 2.95. The molecule has 1 saturated heterocycles. The molecular weight excluding hydrogens is 440 g/mol. The molecular formula is C33H32N2O. The lowest BCUT2D eigenvalue weighted by Gasteiger charge is -2.58. The van der Waals surface area contributed by atoms with Crippen LogP contribution in [0, 0.1) is 5.92 Å². The van der Waals surface area contributed by atoms with E-state index in [-0.39, 0.29) is 23.9 Å². The van der Waals surface area contributed by atoms with E-state index >= 15 is 0 Å². The molecule has 1 heterocycles. The first-order valence-corrected chi connectivity index (χ1v) is 12.6. The molecule has 1 aliphatic heterocycles. The Bertz CT molecular complexity index is 1260. The molecule has 0 N–H and O–H groups in total. The zero-order valence-electron chi connectivity index (χ0n) is 21.1. The Labute approximate surface area is 214 Å². The maximum absolute atomic E-state index is 13.6. The number of amides is 1. The molecule has 2 unspecified atom stereocenters. The van der Waals surface area contributed by atoms with Crippen molar-refractivity contribution in [2.24, 2.45) is 10.9 Å². The van der Waals surface area contributed by atoms with Crippen LogP contribution in [0.5, 0.6) is 0 Å². The summed E-state index contributed by atoms with van der Waals surface area (Å²) in [5.41, 5.74) is 4.92. The number of hydrogen-bond donors (Lipinski definition) is 0. The van der Waals surface area contributed by atoms with Crippen LogP contribution in [0.25, 0.3) is 0 Å². The molecule has 0 aromatic heterocycles. The van der Waals surface area contributed by atoms with Gasteiger partial charge < -0.3 is 4.90 Å². The third kappa shape index (κ3) is 4.15. The largest absolute Gasteiger partial charge is 0.320 e. The van der Waals surface area contributed by atoms with Gasteiger partial charge in [0.15, 0.2) is 0 Å². The first-order chi connectivity index (χ1) is 17.5. The van der Waals surface area contributed by atoms with Gasteiger partial charge in [0.2, 0.25) is 5.91 Å². The highest BCUT2D eigenvalue weighted by atomic mass is 16.2. The van der Waals surface area contributed by atoms with E-state index < -0.39 is 5.54 Å². The van der Waals surface area contributed by atoms with Gasteiger partial charge in [0.1, 0.15) is 0 Å². The Morgan fingerprint density at radius 1 is 0.694 bits per heavy atom. The van der Waals surface area contributed by atoms with Crippen molar-refractivity contribution in [1.82, 2.24) is 4.90 Å². The SMILES string of the molecule is CC(=NC(c1ccccc1)c1ccccc1)C1(C)C(C)C(=O)N1C(c1ccccc1)c1ccccc1. The second kappa shape index (κ2) is 9.94. The predicted octanol–water partition coefficient (Wildman–Crippen LogP) is 7.26. The standard InChI is InChI=1S/C33H32N2O/c1-24-32(36)35(31(28-20-12-6-13-21-28)29-22-14-7-15-23-29)33(24,3)25(2)34-30(26-16-8-4-9-17-26)27-18-10-5-11-19-27/h4-24,30-31H,1-3H3. The van der Waals surface area contributed by atoms with Crippen LogP contribution in [-0.4, -0.2) is 22.1 Å². The maximum Gasteiger partial charge on any atom is 0.229 e. The topological polar surface area (TPSA) is 32.7 Å². The number of aliphatic imine (C=N–C) groups is 1. The van der Waals surface area contributed by atoms with E-state index in [1.807, 2.05) is 60.4 Å². The van der Waals surface area contributed by atoms with Crippen molar-refractivity contribution in [3.63, 3.8) is 0 Å². The molecule has 4 aromatic rings. The number of benzene rings is 4. The van der Waals surface area contributed by atoms with Crippen molar-refractivity contribution < 1.29 is 4.79 Å². The van der Waals surface area contributed by atoms with Gasteiger partial charge in [-0.1, -0.05) is 128 Å². The molecule has 1 fully saturated rings. The van der Waals surface area contributed by atoms with Gasteiger partial charge in [0.05, 0.1) is 23.5 Å². The number of likely N-dealkylation sites (tertiary alicyclic amines) is 1. The lowest BCUT2D eigenvalue weighted by atomic mass is 9.70. The van der Waals surface area contributed by atoms with Gasteiger partial charge in [-0.05, 0) is 36.1 Å². The highest BCUT2D eigenvalue weighted by molar-refractivity contribution is 6.05. The van der Waals surface area contributed by atoms with Gasteiger partial charge in [-0.25, -0.2) is 0 Å². The summed E-state index contributed by atoms with van der Waals surface area (Å²) in [6.45, 7) is 6.29. The van der Waals surface area contributed by atoms with Crippen molar-refractivity contribution in [2.75, 3.05) is 0 Å². The van der Waals surface area contributed by atoms with E-state index in [4.69, 9.17) is 4.99 Å². The predicted molar refractivity (Wildman–Crippen MR) is 147 cm³/mol. The van der Waals surface area contributed by atoms with Crippen molar-refractivity contribution >= 4 is 11.6 Å². The molecule has 0 aliphatic carbocycles. The Morgan fingerprint density at radius 3 is 1.44 bits per heavy atom. The van der Waals surface area contributed by atoms with Crippen LogP contribution in [0.2, 0.25) is 0 Å². The van der Waals surface area contributed by atoms with E-state index in [0.717, 1.165) is 28.0 Å². The number of carbonyl (C=O) groups is 1. The van der Waals surface area contributed by atoms with E-state index in [0.29, 0.717) is 0 Å². The molecule has 4 aromatic carbocycles. The highest BCUT2D eigenvalue weighted by Gasteiger charge is 2.59. The summed E-state index contributed by atoms with van der Waals surface area (Å²) in [6.07, 6.45) is 0. The fraction of sp³-hybridized carbons (Fsp3) is 0.212. The quantitative estimate of drug-likeness (QED) is 0.206. The average molecular weight is 473 g/mol. The monoisotopic (exact) mass is 472 g/mol. The second-order valence-corrected chi connectivity index (χ2v) is 9.74. The minimum atomic E-state index is -0.519. The zero-order chi connectivity index (χ0) is 25.1. The van der Waals surface area contributed by atoms with Crippen molar-refractivity contribution in [1.29, 1.82) is 0 Å². The van der Waals surface area contributed by atoms with Crippen LogP contribution >= 0.6 is 0 Å². The lowest BCUT2D eigenvalue weighted by molar-refractivity contribution is -0.163. The fourth-order valence-corrected chi connectivity index (χ4v) is 5.40. The lowest BCUT2D eigenvalue weighted by Crippen LogP contribution is -2.72. The van der Waals surface area contributed by atoms with Gasteiger partial charge in [0, 0.05) is 5.71 Å². The summed E-state index contributed by atoms with van der Waals surface area (Å²) in [5, 5.41) is 0. The summed E-state index contributed by atoms with van der Waals surface area (Å²) in [7, 11) is 0. The summed E-state index contributed by atoms with van der Waals surface area (Å²) in [5.74, 6) is -0.0101. The molecule has 0 bridgehead atoms. The number of carbonyl (C=O) groups excluding carboxylic acids is 1. The molecule has 36 heavy (non-hydrogen) atoms. The number of nitrogens with zero attached hydrogens (tertiary/aromatic N) is 2. The van der Waals surface area contributed by atoms with Gasteiger partial charge in [-0.3, -0.25) is 9.79 Å². The molecule has 0 radical (unpaired) electrons. The van der Waals surface area contributed by atoms with Crippen molar-refractivity contribution in [3.8, 4) is 0 Å². The van der Waals surface area contributed by atoms with Gasteiger partial charge in [-0.2, -0.15) is 0 Å². The molecule has 3 heteroatoms. The van der Waals surface area contributed by atoms with Crippen molar-refractivity contribution in [3.05, 3.63) is 144 Å². The smallest absolute Gasteiger partial charge is 0.229 e. The Kier molecular flexibility index (Phi) is 6.56. The van der Waals surface area contributed by atoms with E-state index in [2.05, 4.69) is 86.6 Å². The molecule has 0 spiro atoms. The van der Waals surface area contributed by atoms with Gasteiger partial charge in [0.25, 0.3) is 0 Å². The third-order valence-corrected chi connectivity index (χ3v) is 7.73. The van der Waals surface area contributed by atoms with E-state index in [9.17, 15) is 4.79 Å². The second-order valence-electron chi connectivity index (χ2n) is 9.74. The molecule has 1 amide bonds. The van der Waals surface area contributed by atoms with Crippen molar-refractivity contribution in [2.45, 2.75) is 38.4 Å². The maximum atomic E-state index is 13.6. The Balaban J connectivity index is 1.61. The van der Waals surface area contributed by atoms with Gasteiger partial charge in [-0.15, -0.1) is 0 Å². The van der Waals surface area contributed by atoms with Crippen LogP contribution in [0.3, 0.4) is 0 Å². The zero-order valence-corrected chi connectivity index (χ0v) is 21.1. The Morgan fingerprint density at radius 2 is 1.06 bits per heavy atom. The first-order valence-electron chi connectivity index (χ1n) is 12.6. The van der Waals surface area contributed by atoms with Crippen LogP contribution in [0.1, 0.15) is 55.1 Å². The normalized spacial score (nSPS) is 20.0. The van der Waals surface area contributed by atoms with Crippen LogP contribution < -0.4 is 0 Å². The molecule has 1 aliphatic rings. The minimum Gasteiger partial charge on any atom is -0.320 e. The molecule has 0 saturated carbocycles. The fourth-order valence-electron chi connectivity index (χ4n) is 5.40. The molecule has 3 nitrogen and oxygen atoms in total. The van der Waals surface area contributed by atoms with Gasteiger partial charge >= 0.3 is 0 Å². The summed E-state index contributed by atoms with van der Waals surface area (Å²) in [6, 6.07) is 41.1. The highest BCUT2D eigenvalue weighted by Crippen LogP contribution is 2.47. The van der Waals surface area contributed by atoms with Crippen LogP contribution in [-0.2, 0) is 4.79 Å². The van der Waals surface area contributed by atoms with Crippen LogP contribution in [0.15, 0.2) is 126 Å². The summed E-state index contributed by atoms with van der Waals surface area (Å²) < 4.78 is 0.